The van der Waals surface area contributed by atoms with Crippen molar-refractivity contribution in [3.63, 3.8) is 0 Å². The smallest absolute Gasteiger partial charge is 0.322 e. The molecule has 2 aliphatic rings. The largest absolute Gasteiger partial charge is 0.480 e. The lowest BCUT2D eigenvalue weighted by atomic mass is 9.85. The number of carboxylic acid groups (broad SMARTS) is 1. The molecule has 1 aromatic carbocycles. The van der Waals surface area contributed by atoms with Gasteiger partial charge in [0, 0.05) is 6.04 Å². The van der Waals surface area contributed by atoms with Crippen LogP contribution in [0.2, 0.25) is 0 Å². The minimum atomic E-state index is -4.15. The number of benzene rings is 1. The lowest BCUT2D eigenvalue weighted by Gasteiger charge is -2.32. The Balaban J connectivity index is 2.04. The second-order valence-electron chi connectivity index (χ2n) is 6.29. The molecule has 3 unspecified atom stereocenters. The predicted molar refractivity (Wildman–Crippen MR) is 81.9 cm³/mol. The molecular weight excluding hydrogens is 335 g/mol. The zero-order valence-corrected chi connectivity index (χ0v) is 13.7. The Hall–Kier alpha value is -1.98. The van der Waals surface area contributed by atoms with Crippen LogP contribution in [0.25, 0.3) is 0 Å². The third-order valence-corrected chi connectivity index (χ3v) is 6.88. The molecule has 0 amide bonds. The summed E-state index contributed by atoms with van der Waals surface area (Å²) in [6, 6.07) is 3.21. The summed E-state index contributed by atoms with van der Waals surface area (Å²) in [5, 5.41) is 18.2. The van der Waals surface area contributed by atoms with Gasteiger partial charge in [-0.1, -0.05) is 12.8 Å². The molecule has 0 aromatic heterocycles. The van der Waals surface area contributed by atoms with Crippen LogP contribution in [0, 0.1) is 23.1 Å². The van der Waals surface area contributed by atoms with Gasteiger partial charge in [-0.25, -0.2) is 12.8 Å². The summed E-state index contributed by atoms with van der Waals surface area (Å²) in [5.41, 5.74) is -0.249. The fraction of sp³-hybridized carbons (Fsp3) is 0.500. The van der Waals surface area contributed by atoms with Gasteiger partial charge in [-0.3, -0.25) is 4.79 Å². The number of hydrogen-bond donors (Lipinski definition) is 1. The maximum atomic E-state index is 13.8. The number of rotatable bonds is 3. The third kappa shape index (κ3) is 2.68. The topological polar surface area (TPSA) is 98.5 Å². The van der Waals surface area contributed by atoms with Crippen molar-refractivity contribution < 1.29 is 22.7 Å². The number of hydrogen-bond acceptors (Lipinski definition) is 4. The number of nitrogens with zero attached hydrogens (tertiary/aromatic N) is 2. The van der Waals surface area contributed by atoms with E-state index in [4.69, 9.17) is 5.26 Å². The lowest BCUT2D eigenvalue weighted by molar-refractivity contribution is -0.141. The number of sulfonamides is 1. The molecule has 1 saturated heterocycles. The first kappa shape index (κ1) is 16.9. The van der Waals surface area contributed by atoms with Crippen molar-refractivity contribution in [1.29, 1.82) is 5.26 Å². The highest BCUT2D eigenvalue weighted by atomic mass is 32.2. The van der Waals surface area contributed by atoms with Crippen LogP contribution in [0.15, 0.2) is 23.1 Å². The zero-order chi connectivity index (χ0) is 17.5. The molecule has 1 heterocycles. The average Bonchev–Trinajstić information content (AvgIpc) is 2.95. The number of carboxylic acids is 1. The highest BCUT2D eigenvalue weighted by Gasteiger charge is 2.51. The van der Waals surface area contributed by atoms with E-state index in [1.165, 1.54) is 0 Å². The highest BCUT2D eigenvalue weighted by molar-refractivity contribution is 7.89. The van der Waals surface area contributed by atoms with Crippen molar-refractivity contribution in [2.45, 2.75) is 49.1 Å². The Morgan fingerprint density at radius 2 is 2.04 bits per heavy atom. The zero-order valence-electron chi connectivity index (χ0n) is 12.9. The van der Waals surface area contributed by atoms with E-state index in [0.717, 1.165) is 41.8 Å². The number of fused-ring (bicyclic) bond motifs is 1. The molecule has 8 heteroatoms. The minimum absolute atomic E-state index is 0.0258. The Bertz CT molecular complexity index is 818. The van der Waals surface area contributed by atoms with Gasteiger partial charge in [-0.15, -0.1) is 0 Å². The molecule has 1 aliphatic carbocycles. The first-order chi connectivity index (χ1) is 11.4. The van der Waals surface area contributed by atoms with E-state index in [1.807, 2.05) is 0 Å². The van der Waals surface area contributed by atoms with Crippen LogP contribution in [-0.2, 0) is 14.8 Å². The van der Waals surface area contributed by atoms with Gasteiger partial charge in [-0.05, 0) is 43.4 Å². The van der Waals surface area contributed by atoms with Gasteiger partial charge >= 0.3 is 5.97 Å². The van der Waals surface area contributed by atoms with Crippen LogP contribution < -0.4 is 0 Å². The maximum absolute atomic E-state index is 13.8. The quantitative estimate of drug-likeness (QED) is 0.898. The minimum Gasteiger partial charge on any atom is -0.480 e. The molecule has 0 spiro atoms. The molecule has 0 radical (unpaired) electrons. The Morgan fingerprint density at radius 1 is 1.33 bits per heavy atom. The van der Waals surface area contributed by atoms with Crippen LogP contribution >= 0.6 is 0 Å². The van der Waals surface area contributed by atoms with Gasteiger partial charge in [0.2, 0.25) is 10.0 Å². The van der Waals surface area contributed by atoms with Gasteiger partial charge in [0.1, 0.15) is 17.9 Å². The van der Waals surface area contributed by atoms with Crippen LogP contribution in [0.5, 0.6) is 0 Å². The van der Waals surface area contributed by atoms with Crippen molar-refractivity contribution in [2.24, 2.45) is 5.92 Å². The van der Waals surface area contributed by atoms with Crippen LogP contribution in [0.1, 0.15) is 37.7 Å². The van der Waals surface area contributed by atoms with Gasteiger partial charge in [0.25, 0.3) is 0 Å². The van der Waals surface area contributed by atoms with E-state index in [9.17, 15) is 22.7 Å². The molecule has 1 N–H and O–H groups in total. The Labute approximate surface area is 139 Å². The number of carbonyl (C=O) groups is 1. The summed E-state index contributed by atoms with van der Waals surface area (Å²) < 4.78 is 40.8. The van der Waals surface area contributed by atoms with Crippen molar-refractivity contribution in [1.82, 2.24) is 4.31 Å². The van der Waals surface area contributed by atoms with E-state index < -0.39 is 27.9 Å². The highest BCUT2D eigenvalue weighted by Crippen LogP contribution is 2.42. The standard InChI is InChI=1S/C16H17FN2O4S/c17-13-8-12(6-5-11(13)9-18)24(22,23)19-14-4-2-1-3-10(14)7-15(19)16(20)21/h5-6,8,10,14-15H,1-4,7H2,(H,20,21). The summed E-state index contributed by atoms with van der Waals surface area (Å²) in [5.74, 6) is -2.08. The van der Waals surface area contributed by atoms with E-state index in [-0.39, 0.29) is 28.8 Å². The molecule has 1 saturated carbocycles. The molecule has 24 heavy (non-hydrogen) atoms. The Kier molecular flexibility index (Phi) is 4.32. The monoisotopic (exact) mass is 352 g/mol. The Morgan fingerprint density at radius 3 is 2.67 bits per heavy atom. The van der Waals surface area contributed by atoms with Crippen LogP contribution in [0.4, 0.5) is 4.39 Å². The number of nitriles is 1. The molecule has 6 nitrogen and oxygen atoms in total. The van der Waals surface area contributed by atoms with Crippen LogP contribution in [0.3, 0.4) is 0 Å². The first-order valence-electron chi connectivity index (χ1n) is 7.82. The predicted octanol–water partition coefficient (Wildman–Crippen LogP) is 2.10. The van der Waals surface area contributed by atoms with Gasteiger partial charge in [0.05, 0.1) is 10.5 Å². The van der Waals surface area contributed by atoms with E-state index >= 15 is 0 Å². The average molecular weight is 352 g/mol. The van der Waals surface area contributed by atoms with Gasteiger partial charge < -0.3 is 5.11 Å². The second-order valence-corrected chi connectivity index (χ2v) is 8.13. The van der Waals surface area contributed by atoms with Crippen LogP contribution in [-0.4, -0.2) is 35.9 Å². The van der Waals surface area contributed by atoms with E-state index in [2.05, 4.69) is 0 Å². The number of aliphatic carboxylic acids is 1. The molecule has 1 aromatic rings. The molecular formula is C16H17FN2O4S. The van der Waals surface area contributed by atoms with Gasteiger partial charge in [-0.2, -0.15) is 9.57 Å². The van der Waals surface area contributed by atoms with Gasteiger partial charge in [0.15, 0.2) is 0 Å². The lowest BCUT2D eigenvalue weighted by Crippen LogP contribution is -2.46. The molecule has 3 atom stereocenters. The summed E-state index contributed by atoms with van der Waals surface area (Å²) in [7, 11) is -4.15. The summed E-state index contributed by atoms with van der Waals surface area (Å²) in [4.78, 5) is 11.3. The summed E-state index contributed by atoms with van der Waals surface area (Å²) in [6.07, 6.45) is 3.53. The fourth-order valence-corrected chi connectivity index (χ4v) is 5.73. The fourth-order valence-electron chi connectivity index (χ4n) is 3.84. The van der Waals surface area contributed by atoms with E-state index in [1.54, 1.807) is 6.07 Å². The number of halogens is 1. The normalized spacial score (nSPS) is 27.4. The van der Waals surface area contributed by atoms with Crippen molar-refractivity contribution >= 4 is 16.0 Å². The molecule has 128 valence electrons. The third-order valence-electron chi connectivity index (χ3n) is 4.95. The van der Waals surface area contributed by atoms with Crippen molar-refractivity contribution in [3.8, 4) is 6.07 Å². The second kappa shape index (κ2) is 6.15. The SMILES string of the molecule is N#Cc1ccc(S(=O)(=O)N2C(C(=O)O)CC3CCCCC32)cc1F. The molecule has 3 rings (SSSR count). The van der Waals surface area contributed by atoms with E-state index in [0.29, 0.717) is 6.42 Å². The van der Waals surface area contributed by atoms with Crippen molar-refractivity contribution in [3.05, 3.63) is 29.6 Å². The van der Waals surface area contributed by atoms with Crippen molar-refractivity contribution in [2.75, 3.05) is 0 Å². The summed E-state index contributed by atoms with van der Waals surface area (Å²) >= 11 is 0. The molecule has 0 bridgehead atoms. The molecule has 2 fully saturated rings. The first-order valence-corrected chi connectivity index (χ1v) is 9.26. The molecule has 1 aliphatic heterocycles. The summed E-state index contributed by atoms with van der Waals surface area (Å²) in [6.45, 7) is 0. The maximum Gasteiger partial charge on any atom is 0.322 e.